The van der Waals surface area contributed by atoms with Crippen LogP contribution in [0.4, 0.5) is 0 Å². The van der Waals surface area contributed by atoms with E-state index in [1.165, 1.54) is 11.3 Å². The van der Waals surface area contributed by atoms with Crippen LogP contribution in [0.5, 0.6) is 0 Å². The van der Waals surface area contributed by atoms with Crippen LogP contribution in [0.3, 0.4) is 0 Å². The largest absolute Gasteiger partial charge is 0.481 e. The predicted octanol–water partition coefficient (Wildman–Crippen LogP) is 0.736. The van der Waals surface area contributed by atoms with Crippen LogP contribution >= 0.6 is 11.3 Å². The summed E-state index contributed by atoms with van der Waals surface area (Å²) in [5, 5.41) is 8.82. The second kappa shape index (κ2) is 4.99. The molecule has 1 aliphatic heterocycles. The number of rotatable bonds is 4. The Hall–Kier alpha value is -0.920. The number of carboxylic acid groups (broad SMARTS) is 1. The fourth-order valence-corrected chi connectivity index (χ4v) is 5.00. The van der Waals surface area contributed by atoms with Crippen LogP contribution < -0.4 is 5.73 Å². The molecule has 1 aliphatic rings. The van der Waals surface area contributed by atoms with Crippen LogP contribution in [-0.4, -0.2) is 31.8 Å². The van der Waals surface area contributed by atoms with Gasteiger partial charge < -0.3 is 10.8 Å². The average molecular weight is 289 g/mol. The summed E-state index contributed by atoms with van der Waals surface area (Å²) in [5.41, 5.74) is 6.41. The number of hydrogen-bond donors (Lipinski definition) is 2. The first-order chi connectivity index (χ1) is 8.41. The third-order valence-electron chi connectivity index (χ3n) is 3.04. The minimum Gasteiger partial charge on any atom is -0.481 e. The Bertz CT molecular complexity index is 562. The molecule has 0 aliphatic carbocycles. The van der Waals surface area contributed by atoms with Gasteiger partial charge in [0.2, 0.25) is 0 Å². The summed E-state index contributed by atoms with van der Waals surface area (Å²) in [5.74, 6) is -0.847. The van der Waals surface area contributed by atoms with Crippen molar-refractivity contribution in [1.82, 2.24) is 0 Å². The molecule has 100 valence electrons. The summed E-state index contributed by atoms with van der Waals surface area (Å²) in [6.07, 6.45) is 0.523. The van der Waals surface area contributed by atoms with Crippen molar-refractivity contribution in [3.8, 4) is 0 Å². The lowest BCUT2D eigenvalue weighted by Crippen LogP contribution is -2.16. The van der Waals surface area contributed by atoms with Crippen LogP contribution in [0, 0.1) is 0 Å². The molecule has 18 heavy (non-hydrogen) atoms. The van der Waals surface area contributed by atoms with Gasteiger partial charge in [-0.05, 0) is 18.1 Å². The molecule has 1 atom stereocenters. The molecule has 2 heterocycles. The Labute approximate surface area is 110 Å². The summed E-state index contributed by atoms with van der Waals surface area (Å²) < 4.78 is 23.1. The molecule has 0 spiro atoms. The standard InChI is InChI=1S/C11H15NO4S2/c12-5-7(4-11(13)14)10-3-8-6-18(15,16)2-1-9(8)17-10/h3,7H,1-2,4-6,12H2,(H,13,14). The lowest BCUT2D eigenvalue weighted by molar-refractivity contribution is -0.137. The van der Waals surface area contributed by atoms with Gasteiger partial charge in [0.25, 0.3) is 0 Å². The Morgan fingerprint density at radius 2 is 2.28 bits per heavy atom. The van der Waals surface area contributed by atoms with Gasteiger partial charge in [0.15, 0.2) is 9.84 Å². The van der Waals surface area contributed by atoms with Crippen LogP contribution in [0.2, 0.25) is 0 Å². The predicted molar refractivity (Wildman–Crippen MR) is 69.6 cm³/mol. The lowest BCUT2D eigenvalue weighted by atomic mass is 10.0. The molecule has 1 unspecified atom stereocenters. The van der Waals surface area contributed by atoms with Gasteiger partial charge in [-0.15, -0.1) is 11.3 Å². The topological polar surface area (TPSA) is 97.5 Å². The SMILES string of the molecule is NCC(CC(=O)O)c1cc2c(s1)CCS(=O)(=O)C2. The minimum absolute atomic E-state index is 0.0113. The van der Waals surface area contributed by atoms with E-state index in [9.17, 15) is 13.2 Å². The Balaban J connectivity index is 2.26. The Morgan fingerprint density at radius 1 is 1.56 bits per heavy atom. The lowest BCUT2D eigenvalue weighted by Gasteiger charge is -2.10. The monoisotopic (exact) mass is 289 g/mol. The van der Waals surface area contributed by atoms with Crippen molar-refractivity contribution < 1.29 is 18.3 Å². The van der Waals surface area contributed by atoms with Crippen molar-refractivity contribution in [3.05, 3.63) is 21.4 Å². The van der Waals surface area contributed by atoms with Crippen molar-refractivity contribution in [2.24, 2.45) is 5.73 Å². The van der Waals surface area contributed by atoms with Crippen molar-refractivity contribution in [2.75, 3.05) is 12.3 Å². The van der Waals surface area contributed by atoms with Gasteiger partial charge in [0.1, 0.15) is 0 Å². The summed E-state index contributed by atoms with van der Waals surface area (Å²) in [7, 11) is -2.98. The van der Waals surface area contributed by atoms with Crippen molar-refractivity contribution in [3.63, 3.8) is 0 Å². The van der Waals surface area contributed by atoms with E-state index in [0.717, 1.165) is 15.3 Å². The number of aliphatic carboxylic acids is 1. The number of carboxylic acids is 1. The highest BCUT2D eigenvalue weighted by Crippen LogP contribution is 2.34. The second-order valence-corrected chi connectivity index (χ2v) is 7.82. The molecule has 7 heteroatoms. The number of fused-ring (bicyclic) bond motifs is 1. The molecule has 2 rings (SSSR count). The van der Waals surface area contributed by atoms with E-state index in [2.05, 4.69) is 0 Å². The van der Waals surface area contributed by atoms with Crippen LogP contribution in [0.15, 0.2) is 6.07 Å². The highest BCUT2D eigenvalue weighted by molar-refractivity contribution is 7.90. The van der Waals surface area contributed by atoms with Crippen LogP contribution in [0.25, 0.3) is 0 Å². The molecular formula is C11H15NO4S2. The Kier molecular flexibility index (Phi) is 3.74. The van der Waals surface area contributed by atoms with E-state index in [-0.39, 0.29) is 30.4 Å². The number of carbonyl (C=O) groups is 1. The van der Waals surface area contributed by atoms with Gasteiger partial charge in [-0.1, -0.05) is 0 Å². The third-order valence-corrected chi connectivity index (χ3v) is 6.02. The fraction of sp³-hybridized carbons (Fsp3) is 0.545. The Morgan fingerprint density at radius 3 is 2.89 bits per heavy atom. The molecular weight excluding hydrogens is 274 g/mol. The number of thiophene rings is 1. The van der Waals surface area contributed by atoms with Crippen molar-refractivity contribution in [2.45, 2.75) is 24.5 Å². The smallest absolute Gasteiger partial charge is 0.304 e. The molecule has 3 N–H and O–H groups in total. The van der Waals surface area contributed by atoms with Gasteiger partial charge in [-0.25, -0.2) is 8.42 Å². The maximum absolute atomic E-state index is 11.5. The maximum atomic E-state index is 11.5. The van der Waals surface area contributed by atoms with Gasteiger partial charge in [-0.3, -0.25) is 4.79 Å². The van der Waals surface area contributed by atoms with E-state index in [1.54, 1.807) is 0 Å². The maximum Gasteiger partial charge on any atom is 0.304 e. The second-order valence-electron chi connectivity index (χ2n) is 4.47. The molecule has 0 fully saturated rings. The van der Waals surface area contributed by atoms with E-state index in [0.29, 0.717) is 6.42 Å². The first-order valence-electron chi connectivity index (χ1n) is 5.65. The summed E-state index contributed by atoms with van der Waals surface area (Å²) in [6.45, 7) is 0.262. The minimum atomic E-state index is -2.98. The molecule has 1 aromatic heterocycles. The molecule has 0 saturated heterocycles. The summed E-state index contributed by atoms with van der Waals surface area (Å²) in [4.78, 5) is 12.7. The molecule has 0 radical (unpaired) electrons. The zero-order valence-corrected chi connectivity index (χ0v) is 11.4. The third kappa shape index (κ3) is 2.90. The van der Waals surface area contributed by atoms with Crippen LogP contribution in [-0.2, 0) is 26.8 Å². The van der Waals surface area contributed by atoms with Gasteiger partial charge in [-0.2, -0.15) is 0 Å². The highest BCUT2D eigenvalue weighted by atomic mass is 32.2. The zero-order chi connectivity index (χ0) is 13.3. The van der Waals surface area contributed by atoms with E-state index in [4.69, 9.17) is 10.8 Å². The fourth-order valence-electron chi connectivity index (χ4n) is 2.09. The number of sulfone groups is 1. The molecule has 0 bridgehead atoms. The molecule has 0 saturated carbocycles. The van der Waals surface area contributed by atoms with Crippen molar-refractivity contribution in [1.29, 1.82) is 0 Å². The normalized spacial score (nSPS) is 19.2. The number of hydrogen-bond acceptors (Lipinski definition) is 5. The number of aryl methyl sites for hydroxylation is 1. The van der Waals surface area contributed by atoms with Crippen LogP contribution in [0.1, 0.15) is 27.7 Å². The van der Waals surface area contributed by atoms with E-state index < -0.39 is 15.8 Å². The quantitative estimate of drug-likeness (QED) is 0.852. The first kappa shape index (κ1) is 13.5. The zero-order valence-electron chi connectivity index (χ0n) is 9.76. The van der Waals surface area contributed by atoms with E-state index in [1.807, 2.05) is 6.07 Å². The van der Waals surface area contributed by atoms with Gasteiger partial charge in [0, 0.05) is 22.2 Å². The van der Waals surface area contributed by atoms with Gasteiger partial charge in [0.05, 0.1) is 17.9 Å². The molecule has 0 amide bonds. The first-order valence-corrected chi connectivity index (χ1v) is 8.29. The molecule has 1 aromatic rings. The molecule has 5 nitrogen and oxygen atoms in total. The average Bonchev–Trinajstić information content (AvgIpc) is 2.66. The van der Waals surface area contributed by atoms with Gasteiger partial charge >= 0.3 is 5.97 Å². The summed E-state index contributed by atoms with van der Waals surface area (Å²) >= 11 is 1.50. The number of nitrogens with two attached hydrogens (primary N) is 1. The highest BCUT2D eigenvalue weighted by Gasteiger charge is 2.26. The molecule has 0 aromatic carbocycles. The van der Waals surface area contributed by atoms with E-state index >= 15 is 0 Å². The summed E-state index contributed by atoms with van der Waals surface area (Å²) in [6, 6.07) is 1.82. The van der Waals surface area contributed by atoms with Crippen molar-refractivity contribution >= 4 is 27.1 Å².